The minimum absolute atomic E-state index is 0.119. The zero-order chi connectivity index (χ0) is 38.4. The van der Waals surface area contributed by atoms with Crippen LogP contribution in [0.2, 0.25) is 0 Å². The summed E-state index contributed by atoms with van der Waals surface area (Å²) in [4.78, 5) is 52.9. The fourth-order valence-corrected chi connectivity index (χ4v) is 10.6. The lowest BCUT2D eigenvalue weighted by Gasteiger charge is -2.39. The Labute approximate surface area is 323 Å². The number of aliphatic hydroxyl groups is 1. The van der Waals surface area contributed by atoms with Gasteiger partial charge in [0.15, 0.2) is 0 Å². The van der Waals surface area contributed by atoms with Crippen LogP contribution in [-0.4, -0.2) is 71.6 Å². The molecule has 0 radical (unpaired) electrons. The first-order valence-electron chi connectivity index (χ1n) is 18.1. The van der Waals surface area contributed by atoms with E-state index in [1.807, 2.05) is 49.4 Å². The van der Waals surface area contributed by atoms with Gasteiger partial charge in [-0.3, -0.25) is 24.5 Å². The van der Waals surface area contributed by atoms with E-state index in [1.54, 1.807) is 52.2 Å². The SMILES string of the molecule is Cc1ccc(S(=O)(=O)N2CC[C@@H]3[C@H](CO)Nc4ccc(-c5cccc(NC(=O)C=CSc6cccc7c6CN(C6CCC(=O)NC6=O)C7=O)c5)cc4[C@@H]32)cc1. The van der Waals surface area contributed by atoms with Crippen LogP contribution in [0.15, 0.2) is 106 Å². The Hall–Kier alpha value is -5.28. The third-order valence-electron chi connectivity index (χ3n) is 10.9. The van der Waals surface area contributed by atoms with Gasteiger partial charge in [-0.2, -0.15) is 4.31 Å². The highest BCUT2D eigenvalue weighted by Crippen LogP contribution is 2.49. The van der Waals surface area contributed by atoms with Gasteiger partial charge in [0.25, 0.3) is 5.91 Å². The topological polar surface area (TPSA) is 165 Å². The number of nitrogens with zero attached hydrogens (tertiary/aromatic N) is 2. The molecule has 0 aromatic heterocycles. The monoisotopic (exact) mass is 777 g/mol. The molecule has 4 aromatic rings. The summed E-state index contributed by atoms with van der Waals surface area (Å²) in [5, 5.41) is 20.6. The molecule has 0 aliphatic carbocycles. The standard InChI is InChI=1S/C41H39N5O7S2/c1-24-8-11-28(12-9-24)55(52,53)46-18-16-30-34(23-47)43-33-13-10-26(21-31(33)39(30)46)25-4-2-5-27(20-25)42-38(49)17-19-54-36-7-3-6-29-32(36)22-45(41(29)51)35-14-15-37(48)44-40(35)50/h2-13,17,19-21,30,34-35,39,43,47H,14-16,18,22-23H2,1H3,(H,42,49)(H,44,48,50)/t30-,34+,35?,39-/m1/s1. The van der Waals surface area contributed by atoms with Crippen molar-refractivity contribution in [2.75, 3.05) is 23.8 Å². The van der Waals surface area contributed by atoms with Gasteiger partial charge >= 0.3 is 0 Å². The number of nitrogens with one attached hydrogen (secondary N) is 3. The Bertz CT molecular complexity index is 2360. The van der Waals surface area contributed by atoms with Gasteiger partial charge in [0.1, 0.15) is 6.04 Å². The number of hydrogen-bond acceptors (Lipinski definition) is 9. The van der Waals surface area contributed by atoms with Gasteiger partial charge in [-0.05, 0) is 96.0 Å². The van der Waals surface area contributed by atoms with Gasteiger partial charge in [0.2, 0.25) is 27.7 Å². The number of aryl methyl sites for hydroxylation is 1. The Morgan fingerprint density at radius 3 is 2.55 bits per heavy atom. The van der Waals surface area contributed by atoms with Crippen LogP contribution in [0.5, 0.6) is 0 Å². The molecule has 14 heteroatoms. The lowest BCUT2D eigenvalue weighted by atomic mass is 9.82. The second-order valence-electron chi connectivity index (χ2n) is 14.2. The minimum atomic E-state index is -3.81. The maximum Gasteiger partial charge on any atom is 0.255 e. The summed E-state index contributed by atoms with van der Waals surface area (Å²) in [6.45, 7) is 2.37. The maximum absolute atomic E-state index is 14.0. The van der Waals surface area contributed by atoms with Gasteiger partial charge in [-0.15, -0.1) is 0 Å². The van der Waals surface area contributed by atoms with Crippen LogP contribution < -0.4 is 16.0 Å². The van der Waals surface area contributed by atoms with Crippen molar-refractivity contribution in [1.29, 1.82) is 0 Å². The second kappa shape index (κ2) is 14.8. The molecular formula is C41H39N5O7S2. The first kappa shape index (κ1) is 36.7. The number of rotatable bonds is 9. The summed E-state index contributed by atoms with van der Waals surface area (Å²) in [5.74, 6) is -1.54. The fraction of sp³-hybridized carbons (Fsp3) is 0.268. The lowest BCUT2D eigenvalue weighted by molar-refractivity contribution is -0.137. The van der Waals surface area contributed by atoms with Crippen LogP contribution in [0.1, 0.15) is 52.4 Å². The van der Waals surface area contributed by atoms with E-state index in [4.69, 9.17) is 0 Å². The first-order valence-corrected chi connectivity index (χ1v) is 20.4. The molecule has 0 bridgehead atoms. The predicted molar refractivity (Wildman–Crippen MR) is 208 cm³/mol. The van der Waals surface area contributed by atoms with Crippen molar-refractivity contribution in [3.63, 3.8) is 0 Å². The molecule has 55 heavy (non-hydrogen) atoms. The molecule has 8 rings (SSSR count). The van der Waals surface area contributed by atoms with E-state index in [9.17, 15) is 32.7 Å². The number of aliphatic hydroxyl groups excluding tert-OH is 1. The summed E-state index contributed by atoms with van der Waals surface area (Å²) in [7, 11) is -3.81. The largest absolute Gasteiger partial charge is 0.394 e. The molecular weight excluding hydrogens is 739 g/mol. The minimum Gasteiger partial charge on any atom is -0.394 e. The molecule has 4 N–H and O–H groups in total. The molecule has 4 amide bonds. The number of thioether (sulfide) groups is 1. The van der Waals surface area contributed by atoms with Crippen LogP contribution in [0.4, 0.5) is 11.4 Å². The molecule has 0 spiro atoms. The van der Waals surface area contributed by atoms with E-state index in [0.717, 1.165) is 38.4 Å². The van der Waals surface area contributed by atoms with Gasteiger partial charge < -0.3 is 20.6 Å². The summed E-state index contributed by atoms with van der Waals surface area (Å²) < 4.78 is 29.5. The van der Waals surface area contributed by atoms with Crippen molar-refractivity contribution in [2.45, 2.75) is 60.6 Å². The number of hydrogen-bond donors (Lipinski definition) is 4. The highest BCUT2D eigenvalue weighted by Gasteiger charge is 2.48. The maximum atomic E-state index is 14.0. The molecule has 4 aromatic carbocycles. The van der Waals surface area contributed by atoms with E-state index < -0.39 is 28.0 Å². The first-order chi connectivity index (χ1) is 26.5. The molecule has 12 nitrogen and oxygen atoms in total. The number of fused-ring (bicyclic) bond motifs is 4. The van der Waals surface area contributed by atoms with E-state index in [-0.39, 0.29) is 60.6 Å². The van der Waals surface area contributed by atoms with Crippen molar-refractivity contribution in [3.05, 3.63) is 119 Å². The van der Waals surface area contributed by atoms with Gasteiger partial charge in [-0.25, -0.2) is 8.42 Å². The number of sulfonamides is 1. The molecule has 0 saturated carbocycles. The van der Waals surface area contributed by atoms with Gasteiger partial charge in [0, 0.05) is 53.3 Å². The second-order valence-corrected chi connectivity index (χ2v) is 17.1. The Morgan fingerprint density at radius 2 is 1.76 bits per heavy atom. The normalized spacial score (nSPS) is 22.2. The summed E-state index contributed by atoms with van der Waals surface area (Å²) in [6.07, 6.45) is 2.48. The van der Waals surface area contributed by atoms with Crippen molar-refractivity contribution >= 4 is 56.8 Å². The van der Waals surface area contributed by atoms with E-state index in [0.29, 0.717) is 24.2 Å². The Morgan fingerprint density at radius 1 is 0.982 bits per heavy atom. The number of anilines is 2. The molecule has 4 aliphatic heterocycles. The molecule has 2 saturated heterocycles. The van der Waals surface area contributed by atoms with Crippen LogP contribution in [0, 0.1) is 12.8 Å². The number of carbonyl (C=O) groups excluding carboxylic acids is 4. The van der Waals surface area contributed by atoms with Crippen LogP contribution in [0.3, 0.4) is 0 Å². The van der Waals surface area contributed by atoms with Crippen molar-refractivity contribution in [3.8, 4) is 11.1 Å². The lowest BCUT2D eigenvalue weighted by Crippen LogP contribution is -2.52. The van der Waals surface area contributed by atoms with Crippen molar-refractivity contribution < 1.29 is 32.7 Å². The zero-order valence-corrected chi connectivity index (χ0v) is 31.5. The number of carbonyl (C=O) groups is 4. The highest BCUT2D eigenvalue weighted by atomic mass is 32.2. The summed E-state index contributed by atoms with van der Waals surface area (Å²) >= 11 is 1.30. The third-order valence-corrected chi connectivity index (χ3v) is 13.7. The molecule has 2 fully saturated rings. The summed E-state index contributed by atoms with van der Waals surface area (Å²) in [5.41, 5.74) is 6.11. The smallest absolute Gasteiger partial charge is 0.255 e. The van der Waals surface area contributed by atoms with Gasteiger partial charge in [0.05, 0.1) is 23.6 Å². The van der Waals surface area contributed by atoms with E-state index >= 15 is 0 Å². The predicted octanol–water partition coefficient (Wildman–Crippen LogP) is 5.21. The van der Waals surface area contributed by atoms with E-state index in [1.165, 1.54) is 22.7 Å². The van der Waals surface area contributed by atoms with Crippen molar-refractivity contribution in [2.24, 2.45) is 5.92 Å². The number of amides is 4. The van der Waals surface area contributed by atoms with E-state index in [2.05, 4.69) is 16.0 Å². The quantitative estimate of drug-likeness (QED) is 0.102. The number of benzene rings is 4. The van der Waals surface area contributed by atoms with Crippen LogP contribution in [-0.2, 0) is 31.0 Å². The van der Waals surface area contributed by atoms with Crippen LogP contribution >= 0.6 is 11.8 Å². The molecule has 4 heterocycles. The third kappa shape index (κ3) is 6.95. The average molecular weight is 778 g/mol. The Balaban J connectivity index is 0.975. The van der Waals surface area contributed by atoms with Crippen molar-refractivity contribution in [1.82, 2.24) is 14.5 Å². The molecule has 4 atom stereocenters. The van der Waals surface area contributed by atoms with Gasteiger partial charge in [-0.1, -0.05) is 53.7 Å². The average Bonchev–Trinajstić information content (AvgIpc) is 3.78. The summed E-state index contributed by atoms with van der Waals surface area (Å²) in [6, 6.07) is 24.0. The fourth-order valence-electron chi connectivity index (χ4n) is 8.11. The molecule has 4 aliphatic rings. The van der Waals surface area contributed by atoms with Crippen LogP contribution in [0.25, 0.3) is 11.1 Å². The zero-order valence-electron chi connectivity index (χ0n) is 29.9. The number of piperidine rings is 1. The Kier molecular flexibility index (Phi) is 9.84. The molecule has 282 valence electrons. The highest BCUT2D eigenvalue weighted by molar-refractivity contribution is 8.02. The number of imide groups is 1. The molecule has 1 unspecified atom stereocenters.